The molecular formula is C19H19Cl4. The lowest BCUT2D eigenvalue weighted by Crippen LogP contribution is -1.99. The lowest BCUT2D eigenvalue weighted by Gasteiger charge is -2.20. The van der Waals surface area contributed by atoms with Crippen LogP contribution in [0.4, 0.5) is 0 Å². The normalized spacial score (nSPS) is 11.1. The van der Waals surface area contributed by atoms with Crippen molar-refractivity contribution in [3.05, 3.63) is 61.4 Å². The number of benzene rings is 2. The average Bonchev–Trinajstić information content (AvgIpc) is 2.48. The van der Waals surface area contributed by atoms with Crippen molar-refractivity contribution in [2.75, 3.05) is 0 Å². The second-order valence-corrected chi connectivity index (χ2v) is 7.35. The van der Waals surface area contributed by atoms with Crippen molar-refractivity contribution >= 4 is 46.4 Å². The van der Waals surface area contributed by atoms with E-state index in [9.17, 15) is 0 Å². The van der Waals surface area contributed by atoms with Crippen LogP contribution >= 0.6 is 46.4 Å². The van der Waals surface area contributed by atoms with E-state index < -0.39 is 0 Å². The highest BCUT2D eigenvalue weighted by Crippen LogP contribution is 2.47. The lowest BCUT2D eigenvalue weighted by molar-refractivity contribution is 0.842. The third kappa shape index (κ3) is 3.66. The standard InChI is InChI=1S/C19H19Cl4/c1-5-6-7-13-15(17(21)19(23)18(22)16(13)20)14-11(3)8-10(2)9-12(14)4/h8-9H,1,5-7H2,2-4H3. The molecule has 0 saturated heterocycles. The number of hydrogen-bond acceptors (Lipinski definition) is 0. The number of rotatable bonds is 4. The first-order valence-corrected chi connectivity index (χ1v) is 9.03. The maximum Gasteiger partial charge on any atom is 0.0800 e. The fraction of sp³-hybridized carbons (Fsp3) is 0.316. The van der Waals surface area contributed by atoms with Gasteiger partial charge >= 0.3 is 0 Å². The smallest absolute Gasteiger partial charge is 0.0800 e. The molecule has 23 heavy (non-hydrogen) atoms. The van der Waals surface area contributed by atoms with Gasteiger partial charge in [-0.05, 0) is 55.9 Å². The first-order chi connectivity index (χ1) is 10.8. The zero-order valence-corrected chi connectivity index (χ0v) is 16.5. The summed E-state index contributed by atoms with van der Waals surface area (Å²) in [6.07, 6.45) is 2.49. The molecule has 0 saturated carbocycles. The second-order valence-electron chi connectivity index (χ2n) is 5.84. The van der Waals surface area contributed by atoms with Gasteiger partial charge in [-0.25, -0.2) is 0 Å². The van der Waals surface area contributed by atoms with Crippen molar-refractivity contribution in [3.63, 3.8) is 0 Å². The van der Waals surface area contributed by atoms with Crippen LogP contribution in [0.1, 0.15) is 35.1 Å². The number of aryl methyl sites for hydroxylation is 3. The predicted octanol–water partition coefficient (Wildman–Crippen LogP) is 8.05. The quantitative estimate of drug-likeness (QED) is 0.367. The van der Waals surface area contributed by atoms with Gasteiger partial charge in [0.15, 0.2) is 0 Å². The van der Waals surface area contributed by atoms with Crippen molar-refractivity contribution in [1.82, 2.24) is 0 Å². The Morgan fingerprint density at radius 2 is 1.30 bits per heavy atom. The van der Waals surface area contributed by atoms with Crippen LogP contribution in [0.3, 0.4) is 0 Å². The van der Waals surface area contributed by atoms with E-state index in [4.69, 9.17) is 46.4 Å². The van der Waals surface area contributed by atoms with Crippen LogP contribution in [-0.2, 0) is 6.42 Å². The summed E-state index contributed by atoms with van der Waals surface area (Å²) in [5.74, 6) is 0. The first-order valence-electron chi connectivity index (χ1n) is 7.51. The Hall–Kier alpha value is -0.400. The Bertz CT molecular complexity index is 725. The summed E-state index contributed by atoms with van der Waals surface area (Å²) < 4.78 is 0. The summed E-state index contributed by atoms with van der Waals surface area (Å²) >= 11 is 25.7. The molecule has 0 nitrogen and oxygen atoms in total. The minimum absolute atomic E-state index is 0.311. The van der Waals surface area contributed by atoms with Gasteiger partial charge in [-0.2, -0.15) is 0 Å². The molecule has 2 aromatic carbocycles. The van der Waals surface area contributed by atoms with E-state index in [-0.39, 0.29) is 0 Å². The van der Waals surface area contributed by atoms with E-state index in [2.05, 4.69) is 39.8 Å². The third-order valence-electron chi connectivity index (χ3n) is 3.97. The maximum absolute atomic E-state index is 6.58. The molecule has 0 aromatic heterocycles. The molecule has 0 aliphatic rings. The molecule has 0 bridgehead atoms. The molecule has 0 N–H and O–H groups in total. The van der Waals surface area contributed by atoms with E-state index in [1.165, 1.54) is 5.56 Å². The Labute approximate surface area is 158 Å². The lowest BCUT2D eigenvalue weighted by atomic mass is 9.89. The molecular weight excluding hydrogens is 370 g/mol. The van der Waals surface area contributed by atoms with Gasteiger partial charge in [-0.15, -0.1) is 0 Å². The molecule has 0 aliphatic carbocycles. The minimum atomic E-state index is 0.311. The molecule has 0 heterocycles. The van der Waals surface area contributed by atoms with Crippen LogP contribution < -0.4 is 0 Å². The van der Waals surface area contributed by atoms with Crippen LogP contribution in [0.5, 0.6) is 0 Å². The average molecular weight is 389 g/mol. The highest BCUT2D eigenvalue weighted by atomic mass is 35.5. The van der Waals surface area contributed by atoms with Gasteiger partial charge < -0.3 is 0 Å². The summed E-state index contributed by atoms with van der Waals surface area (Å²) in [5, 5.41) is 1.59. The zero-order valence-electron chi connectivity index (χ0n) is 13.5. The Morgan fingerprint density at radius 1 is 0.783 bits per heavy atom. The molecule has 0 aliphatic heterocycles. The predicted molar refractivity (Wildman–Crippen MR) is 104 cm³/mol. The van der Waals surface area contributed by atoms with Crippen molar-refractivity contribution in [2.45, 2.75) is 40.0 Å². The molecule has 1 radical (unpaired) electrons. The summed E-state index contributed by atoms with van der Waals surface area (Å²) in [4.78, 5) is 0. The summed E-state index contributed by atoms with van der Waals surface area (Å²) in [7, 11) is 0. The zero-order chi connectivity index (χ0) is 17.3. The van der Waals surface area contributed by atoms with E-state index in [1.54, 1.807) is 0 Å². The van der Waals surface area contributed by atoms with Gasteiger partial charge in [0.2, 0.25) is 0 Å². The number of halogens is 4. The summed E-state index contributed by atoms with van der Waals surface area (Å²) in [6, 6.07) is 4.28. The van der Waals surface area contributed by atoms with Gasteiger partial charge in [-0.1, -0.05) is 77.4 Å². The van der Waals surface area contributed by atoms with Gasteiger partial charge in [-0.3, -0.25) is 0 Å². The van der Waals surface area contributed by atoms with E-state index in [1.807, 2.05) is 0 Å². The largest absolute Gasteiger partial charge is 0.0823 e. The van der Waals surface area contributed by atoms with Gasteiger partial charge in [0.25, 0.3) is 0 Å². The van der Waals surface area contributed by atoms with Gasteiger partial charge in [0, 0.05) is 5.56 Å². The molecule has 2 rings (SSSR count). The van der Waals surface area contributed by atoms with E-state index >= 15 is 0 Å². The van der Waals surface area contributed by atoms with Crippen LogP contribution in [-0.4, -0.2) is 0 Å². The summed E-state index contributed by atoms with van der Waals surface area (Å²) in [5.41, 5.74) is 6.44. The minimum Gasteiger partial charge on any atom is -0.0823 e. The summed E-state index contributed by atoms with van der Waals surface area (Å²) in [6.45, 7) is 10.1. The Kier molecular flexibility index (Phi) is 6.30. The second kappa shape index (κ2) is 7.66. The Balaban J connectivity index is 2.85. The molecule has 4 heteroatoms. The first kappa shape index (κ1) is 18.9. The van der Waals surface area contributed by atoms with Crippen molar-refractivity contribution in [1.29, 1.82) is 0 Å². The van der Waals surface area contributed by atoms with Crippen LogP contribution in [0.2, 0.25) is 20.1 Å². The number of hydrogen-bond donors (Lipinski definition) is 0. The highest BCUT2D eigenvalue weighted by Gasteiger charge is 2.23. The van der Waals surface area contributed by atoms with E-state index in [0.29, 0.717) is 20.1 Å². The topological polar surface area (TPSA) is 0 Å². The Morgan fingerprint density at radius 3 is 1.83 bits per heavy atom. The van der Waals surface area contributed by atoms with Gasteiger partial charge in [0.05, 0.1) is 20.1 Å². The van der Waals surface area contributed by atoms with Gasteiger partial charge in [0.1, 0.15) is 0 Å². The monoisotopic (exact) mass is 387 g/mol. The molecule has 0 unspecified atom stereocenters. The fourth-order valence-electron chi connectivity index (χ4n) is 3.05. The number of unbranched alkanes of at least 4 members (excludes halogenated alkanes) is 1. The van der Waals surface area contributed by atoms with Crippen molar-refractivity contribution in [2.24, 2.45) is 0 Å². The molecule has 0 fully saturated rings. The molecule has 0 amide bonds. The highest BCUT2D eigenvalue weighted by molar-refractivity contribution is 6.53. The molecule has 0 atom stereocenters. The van der Waals surface area contributed by atoms with Crippen LogP contribution in [0.15, 0.2) is 12.1 Å². The third-order valence-corrected chi connectivity index (χ3v) is 5.81. The maximum atomic E-state index is 6.58. The van der Waals surface area contributed by atoms with E-state index in [0.717, 1.165) is 47.1 Å². The fourth-order valence-corrected chi connectivity index (χ4v) is 4.13. The van der Waals surface area contributed by atoms with Crippen LogP contribution in [0, 0.1) is 27.7 Å². The van der Waals surface area contributed by atoms with Crippen molar-refractivity contribution in [3.8, 4) is 11.1 Å². The van der Waals surface area contributed by atoms with Crippen molar-refractivity contribution < 1.29 is 0 Å². The van der Waals surface area contributed by atoms with Crippen LogP contribution in [0.25, 0.3) is 11.1 Å². The molecule has 123 valence electrons. The molecule has 2 aromatic rings. The SMILES string of the molecule is [CH2]CCCc1c(Cl)c(Cl)c(Cl)c(Cl)c1-c1c(C)cc(C)cc1C. The molecule has 0 spiro atoms.